The van der Waals surface area contributed by atoms with E-state index in [4.69, 9.17) is 28.6 Å². The fraction of sp³-hybridized carbons (Fsp3) is 0.500. The van der Waals surface area contributed by atoms with Gasteiger partial charge in [0.2, 0.25) is 0 Å². The minimum absolute atomic E-state index is 0.794. The number of hydrogen-bond donors (Lipinski definition) is 0. The Morgan fingerprint density at radius 2 is 1.89 bits per heavy atom. The average molecular weight is 284 g/mol. The van der Waals surface area contributed by atoms with E-state index in [-0.39, 0.29) is 0 Å². The third-order valence-electron chi connectivity index (χ3n) is 3.13. The van der Waals surface area contributed by atoms with Crippen LogP contribution in [0.2, 0.25) is 5.02 Å². The summed E-state index contributed by atoms with van der Waals surface area (Å²) in [7, 11) is 0. The van der Waals surface area contributed by atoms with E-state index < -0.39 is 0 Å². The van der Waals surface area contributed by atoms with Gasteiger partial charge in [-0.1, -0.05) is 36.0 Å². The number of halogens is 1. The lowest BCUT2D eigenvalue weighted by Gasteiger charge is -2.29. The molecule has 1 aromatic carbocycles. The average Bonchev–Trinajstić information content (AvgIpc) is 2.42. The molecule has 1 heterocycles. The summed E-state index contributed by atoms with van der Waals surface area (Å²) in [6.07, 6.45) is 3.14. The molecule has 0 bridgehead atoms. The molecule has 0 unspecified atom stereocenters. The quantitative estimate of drug-likeness (QED) is 0.787. The first-order valence-electron chi connectivity index (χ1n) is 6.35. The highest BCUT2D eigenvalue weighted by Crippen LogP contribution is 2.13. The summed E-state index contributed by atoms with van der Waals surface area (Å²) in [6.45, 7) is 3.49. The van der Waals surface area contributed by atoms with Gasteiger partial charge in [0.25, 0.3) is 0 Å². The van der Waals surface area contributed by atoms with Crippen LogP contribution < -0.4 is 0 Å². The van der Waals surface area contributed by atoms with Crippen LogP contribution in [0, 0.1) is 0 Å². The van der Waals surface area contributed by atoms with Gasteiger partial charge < -0.3 is 9.64 Å². The van der Waals surface area contributed by atoms with Crippen molar-refractivity contribution in [3.8, 4) is 0 Å². The molecule has 0 saturated carbocycles. The van der Waals surface area contributed by atoms with Crippen LogP contribution in [-0.4, -0.2) is 36.2 Å². The summed E-state index contributed by atoms with van der Waals surface area (Å²) in [5, 5.41) is 0.794. The van der Waals surface area contributed by atoms with Crippen molar-refractivity contribution >= 4 is 28.8 Å². The molecule has 4 heteroatoms. The van der Waals surface area contributed by atoms with Crippen molar-refractivity contribution < 1.29 is 4.74 Å². The molecule has 1 fully saturated rings. The maximum absolute atomic E-state index is 5.86. The lowest BCUT2D eigenvalue weighted by Crippen LogP contribution is -2.39. The molecule has 2 nitrogen and oxygen atoms in total. The molecule has 0 N–H and O–H groups in total. The Kier molecular flexibility index (Phi) is 5.42. The van der Waals surface area contributed by atoms with Gasteiger partial charge in [0.05, 0.1) is 18.2 Å². The molecule has 98 valence electrons. The van der Waals surface area contributed by atoms with Gasteiger partial charge in [0.1, 0.15) is 0 Å². The van der Waals surface area contributed by atoms with Gasteiger partial charge >= 0.3 is 0 Å². The molecule has 0 amide bonds. The Bertz CT molecular complexity index is 387. The second-order valence-corrected chi connectivity index (χ2v) is 5.38. The molecule has 0 aliphatic carbocycles. The Morgan fingerprint density at radius 3 is 2.56 bits per heavy atom. The lowest BCUT2D eigenvalue weighted by atomic mass is 10.1. The van der Waals surface area contributed by atoms with Gasteiger partial charge in [-0.15, -0.1) is 0 Å². The summed E-state index contributed by atoms with van der Waals surface area (Å²) in [5.41, 5.74) is 1.32. The van der Waals surface area contributed by atoms with Crippen molar-refractivity contribution in [3.63, 3.8) is 0 Å². The zero-order valence-corrected chi connectivity index (χ0v) is 12.0. The number of ether oxygens (including phenoxy) is 1. The van der Waals surface area contributed by atoms with E-state index in [0.29, 0.717) is 0 Å². The van der Waals surface area contributed by atoms with E-state index in [2.05, 4.69) is 17.0 Å². The third-order valence-corrected chi connectivity index (χ3v) is 3.85. The number of rotatable bonds is 4. The predicted octanol–water partition coefficient (Wildman–Crippen LogP) is 3.32. The van der Waals surface area contributed by atoms with Crippen molar-refractivity contribution in [1.29, 1.82) is 0 Å². The van der Waals surface area contributed by atoms with E-state index in [1.807, 2.05) is 12.1 Å². The molecule has 1 aromatic rings. The second-order valence-electron chi connectivity index (χ2n) is 4.47. The topological polar surface area (TPSA) is 12.5 Å². The smallest absolute Gasteiger partial charge is 0.0780 e. The molecule has 1 aliphatic heterocycles. The molecule has 0 atom stereocenters. The minimum Gasteiger partial charge on any atom is -0.378 e. The van der Waals surface area contributed by atoms with Crippen molar-refractivity contribution in [2.45, 2.75) is 19.3 Å². The Labute approximate surface area is 119 Å². The standard InChI is InChI=1S/C14H18ClNOS/c15-13-6-4-12(5-7-13)2-1-3-14(18)16-8-10-17-11-9-16/h4-7H,1-3,8-11H2. The number of benzene rings is 1. The van der Waals surface area contributed by atoms with Crippen LogP contribution in [0.5, 0.6) is 0 Å². The summed E-state index contributed by atoms with van der Waals surface area (Å²) in [5.74, 6) is 0. The highest BCUT2D eigenvalue weighted by molar-refractivity contribution is 7.80. The maximum atomic E-state index is 5.86. The van der Waals surface area contributed by atoms with Gasteiger partial charge in [-0.2, -0.15) is 0 Å². The van der Waals surface area contributed by atoms with Crippen LogP contribution in [0.4, 0.5) is 0 Å². The van der Waals surface area contributed by atoms with Crippen molar-refractivity contribution in [2.24, 2.45) is 0 Å². The van der Waals surface area contributed by atoms with Gasteiger partial charge in [0, 0.05) is 18.1 Å². The Morgan fingerprint density at radius 1 is 1.22 bits per heavy atom. The van der Waals surface area contributed by atoms with Gasteiger partial charge in [-0.05, 0) is 37.0 Å². The van der Waals surface area contributed by atoms with E-state index in [1.165, 1.54) is 5.56 Å². The fourth-order valence-electron chi connectivity index (χ4n) is 2.07. The molecule has 18 heavy (non-hydrogen) atoms. The highest BCUT2D eigenvalue weighted by atomic mass is 35.5. The molecule has 1 aliphatic rings. The van der Waals surface area contributed by atoms with Gasteiger partial charge in [-0.25, -0.2) is 0 Å². The van der Waals surface area contributed by atoms with E-state index in [1.54, 1.807) is 0 Å². The van der Waals surface area contributed by atoms with Gasteiger partial charge in [-0.3, -0.25) is 0 Å². The van der Waals surface area contributed by atoms with Crippen LogP contribution in [-0.2, 0) is 11.2 Å². The number of morpholine rings is 1. The van der Waals surface area contributed by atoms with Crippen LogP contribution in [0.15, 0.2) is 24.3 Å². The Hall–Kier alpha value is -0.640. The monoisotopic (exact) mass is 283 g/mol. The number of nitrogens with zero attached hydrogens (tertiary/aromatic N) is 1. The zero-order chi connectivity index (χ0) is 12.8. The molecule has 0 radical (unpaired) electrons. The first kappa shape index (κ1) is 13.8. The van der Waals surface area contributed by atoms with Gasteiger partial charge in [0.15, 0.2) is 0 Å². The highest BCUT2D eigenvalue weighted by Gasteiger charge is 2.12. The largest absolute Gasteiger partial charge is 0.378 e. The molecular formula is C14H18ClNOS. The Balaban J connectivity index is 1.71. The number of hydrogen-bond acceptors (Lipinski definition) is 2. The van der Waals surface area contributed by atoms with E-state index in [9.17, 15) is 0 Å². The van der Waals surface area contributed by atoms with Crippen molar-refractivity contribution in [2.75, 3.05) is 26.3 Å². The van der Waals surface area contributed by atoms with Crippen LogP contribution in [0.1, 0.15) is 18.4 Å². The van der Waals surface area contributed by atoms with Crippen LogP contribution >= 0.6 is 23.8 Å². The summed E-state index contributed by atoms with van der Waals surface area (Å²) in [6, 6.07) is 8.05. The van der Waals surface area contributed by atoms with E-state index in [0.717, 1.165) is 55.6 Å². The molecule has 0 spiro atoms. The fourth-order valence-corrected chi connectivity index (χ4v) is 2.52. The van der Waals surface area contributed by atoms with Crippen LogP contribution in [0.3, 0.4) is 0 Å². The predicted molar refractivity (Wildman–Crippen MR) is 79.4 cm³/mol. The number of aryl methyl sites for hydroxylation is 1. The normalized spacial score (nSPS) is 15.7. The molecule has 2 rings (SSSR count). The maximum Gasteiger partial charge on any atom is 0.0780 e. The summed E-state index contributed by atoms with van der Waals surface area (Å²) >= 11 is 11.3. The van der Waals surface area contributed by atoms with Crippen molar-refractivity contribution in [3.05, 3.63) is 34.9 Å². The number of thiocarbonyl (C=S) groups is 1. The molecule has 0 aromatic heterocycles. The molecule has 1 saturated heterocycles. The first-order valence-corrected chi connectivity index (χ1v) is 7.14. The summed E-state index contributed by atoms with van der Waals surface area (Å²) < 4.78 is 5.32. The SMILES string of the molecule is S=C(CCCc1ccc(Cl)cc1)N1CCOCC1. The zero-order valence-electron chi connectivity index (χ0n) is 10.4. The lowest BCUT2D eigenvalue weighted by molar-refractivity contribution is 0.0682. The molecular weight excluding hydrogens is 266 g/mol. The third kappa shape index (κ3) is 4.23. The van der Waals surface area contributed by atoms with Crippen molar-refractivity contribution in [1.82, 2.24) is 4.90 Å². The minimum atomic E-state index is 0.794. The first-order chi connectivity index (χ1) is 8.75. The van der Waals surface area contributed by atoms with Crippen LogP contribution in [0.25, 0.3) is 0 Å². The second kappa shape index (κ2) is 7.07. The van der Waals surface area contributed by atoms with E-state index >= 15 is 0 Å². The summed E-state index contributed by atoms with van der Waals surface area (Å²) in [4.78, 5) is 3.34.